The van der Waals surface area contributed by atoms with E-state index in [0.29, 0.717) is 12.0 Å². The Labute approximate surface area is 111 Å². The van der Waals surface area contributed by atoms with Gasteiger partial charge in [-0.3, -0.25) is 4.90 Å². The van der Waals surface area contributed by atoms with Crippen molar-refractivity contribution in [1.29, 1.82) is 0 Å². The smallest absolute Gasteiger partial charge is 0.107 e. The molecule has 3 atom stereocenters. The SMILES string of the molecule is CCCC(O)N1CCC(c2ccccc2)CC1C. The molecule has 1 aliphatic rings. The Morgan fingerprint density at radius 1 is 1.33 bits per heavy atom. The summed E-state index contributed by atoms with van der Waals surface area (Å²) in [5, 5.41) is 10.1. The Balaban J connectivity index is 1.96. The van der Waals surface area contributed by atoms with Crippen LogP contribution in [0.3, 0.4) is 0 Å². The van der Waals surface area contributed by atoms with Crippen molar-refractivity contribution in [2.24, 2.45) is 0 Å². The van der Waals surface area contributed by atoms with Crippen LogP contribution in [-0.2, 0) is 0 Å². The number of aliphatic hydroxyl groups excluding tert-OH is 1. The maximum Gasteiger partial charge on any atom is 0.107 e. The molecule has 1 aromatic rings. The summed E-state index contributed by atoms with van der Waals surface area (Å²) in [4.78, 5) is 2.27. The normalized spacial score (nSPS) is 27.1. The minimum atomic E-state index is -0.248. The highest BCUT2D eigenvalue weighted by molar-refractivity contribution is 5.20. The van der Waals surface area contributed by atoms with Crippen molar-refractivity contribution in [3.63, 3.8) is 0 Å². The molecule has 0 saturated carbocycles. The highest BCUT2D eigenvalue weighted by atomic mass is 16.3. The van der Waals surface area contributed by atoms with E-state index in [-0.39, 0.29) is 6.23 Å². The standard InChI is InChI=1S/C16H25NO/c1-3-7-16(18)17-11-10-15(12-13(17)2)14-8-5-4-6-9-14/h4-6,8-9,13,15-16,18H,3,7,10-12H2,1-2H3. The molecular formula is C16H25NO. The Morgan fingerprint density at radius 2 is 2.06 bits per heavy atom. The first kappa shape index (κ1) is 13.6. The topological polar surface area (TPSA) is 23.5 Å². The number of aliphatic hydroxyl groups is 1. The van der Waals surface area contributed by atoms with Gasteiger partial charge in [-0.2, -0.15) is 0 Å². The van der Waals surface area contributed by atoms with Crippen molar-refractivity contribution in [1.82, 2.24) is 4.90 Å². The second-order valence-corrected chi connectivity index (χ2v) is 5.49. The zero-order valence-electron chi connectivity index (χ0n) is 11.5. The molecule has 0 amide bonds. The summed E-state index contributed by atoms with van der Waals surface area (Å²) in [6.07, 6.45) is 4.01. The third kappa shape index (κ3) is 3.12. The monoisotopic (exact) mass is 247 g/mol. The van der Waals surface area contributed by atoms with Gasteiger partial charge in [0, 0.05) is 12.6 Å². The van der Waals surface area contributed by atoms with Gasteiger partial charge in [0.25, 0.3) is 0 Å². The van der Waals surface area contributed by atoms with E-state index in [1.54, 1.807) is 0 Å². The van der Waals surface area contributed by atoms with Crippen LogP contribution < -0.4 is 0 Å². The molecule has 1 aromatic carbocycles. The van der Waals surface area contributed by atoms with Crippen molar-refractivity contribution >= 4 is 0 Å². The predicted octanol–water partition coefficient (Wildman–Crippen LogP) is 3.37. The molecule has 0 aliphatic carbocycles. The molecule has 1 N–H and O–H groups in total. The van der Waals surface area contributed by atoms with Gasteiger partial charge < -0.3 is 5.11 Å². The molecule has 0 spiro atoms. The first-order chi connectivity index (χ1) is 8.72. The van der Waals surface area contributed by atoms with Crippen LogP contribution in [0.5, 0.6) is 0 Å². The van der Waals surface area contributed by atoms with Crippen molar-refractivity contribution < 1.29 is 5.11 Å². The fraction of sp³-hybridized carbons (Fsp3) is 0.625. The van der Waals surface area contributed by atoms with Gasteiger partial charge in [-0.05, 0) is 37.7 Å². The molecule has 3 unspecified atom stereocenters. The summed E-state index contributed by atoms with van der Waals surface area (Å²) in [7, 11) is 0. The van der Waals surface area contributed by atoms with Crippen LogP contribution in [-0.4, -0.2) is 28.8 Å². The number of hydrogen-bond acceptors (Lipinski definition) is 2. The van der Waals surface area contributed by atoms with E-state index in [0.717, 1.165) is 32.2 Å². The molecule has 1 fully saturated rings. The molecule has 18 heavy (non-hydrogen) atoms. The number of rotatable bonds is 4. The van der Waals surface area contributed by atoms with Crippen LogP contribution in [0.25, 0.3) is 0 Å². The lowest BCUT2D eigenvalue weighted by atomic mass is 9.85. The van der Waals surface area contributed by atoms with Crippen LogP contribution in [0.1, 0.15) is 51.0 Å². The lowest BCUT2D eigenvalue weighted by Crippen LogP contribution is -2.46. The third-order valence-electron chi connectivity index (χ3n) is 4.13. The lowest BCUT2D eigenvalue weighted by molar-refractivity contribution is -0.0440. The van der Waals surface area contributed by atoms with Gasteiger partial charge in [-0.1, -0.05) is 43.7 Å². The summed E-state index contributed by atoms with van der Waals surface area (Å²) in [6, 6.07) is 11.3. The molecule has 2 heteroatoms. The molecule has 0 aromatic heterocycles. The summed E-state index contributed by atoms with van der Waals surface area (Å²) >= 11 is 0. The number of hydrogen-bond donors (Lipinski definition) is 1. The molecule has 0 bridgehead atoms. The van der Waals surface area contributed by atoms with Gasteiger partial charge >= 0.3 is 0 Å². The van der Waals surface area contributed by atoms with Crippen molar-refractivity contribution in [3.8, 4) is 0 Å². The Kier molecular flexibility index (Phi) is 4.79. The van der Waals surface area contributed by atoms with E-state index < -0.39 is 0 Å². The van der Waals surface area contributed by atoms with Gasteiger partial charge in [-0.25, -0.2) is 0 Å². The molecule has 1 saturated heterocycles. The predicted molar refractivity (Wildman–Crippen MR) is 75.5 cm³/mol. The lowest BCUT2D eigenvalue weighted by Gasteiger charge is -2.40. The molecule has 100 valence electrons. The minimum absolute atomic E-state index is 0.248. The van der Waals surface area contributed by atoms with Crippen LogP contribution >= 0.6 is 0 Å². The number of nitrogens with zero attached hydrogens (tertiary/aromatic N) is 1. The summed E-state index contributed by atoms with van der Waals surface area (Å²) in [5.41, 5.74) is 1.45. The number of likely N-dealkylation sites (tertiary alicyclic amines) is 1. The van der Waals surface area contributed by atoms with Crippen molar-refractivity contribution in [2.75, 3.05) is 6.54 Å². The van der Waals surface area contributed by atoms with Gasteiger partial charge in [-0.15, -0.1) is 0 Å². The zero-order valence-corrected chi connectivity index (χ0v) is 11.5. The third-order valence-corrected chi connectivity index (χ3v) is 4.13. The van der Waals surface area contributed by atoms with Crippen LogP contribution in [0, 0.1) is 0 Å². The van der Waals surface area contributed by atoms with Crippen LogP contribution in [0.4, 0.5) is 0 Å². The fourth-order valence-electron chi connectivity index (χ4n) is 3.09. The van der Waals surface area contributed by atoms with E-state index >= 15 is 0 Å². The average molecular weight is 247 g/mol. The Morgan fingerprint density at radius 3 is 2.67 bits per heavy atom. The number of benzene rings is 1. The highest BCUT2D eigenvalue weighted by Gasteiger charge is 2.29. The molecular weight excluding hydrogens is 222 g/mol. The Bertz CT molecular complexity index is 351. The molecule has 1 aliphatic heterocycles. The van der Waals surface area contributed by atoms with Gasteiger partial charge in [0.2, 0.25) is 0 Å². The highest BCUT2D eigenvalue weighted by Crippen LogP contribution is 2.32. The van der Waals surface area contributed by atoms with E-state index in [1.165, 1.54) is 5.56 Å². The summed E-state index contributed by atoms with van der Waals surface area (Å²) in [6.45, 7) is 5.39. The zero-order chi connectivity index (χ0) is 13.0. The van der Waals surface area contributed by atoms with Crippen molar-refractivity contribution in [3.05, 3.63) is 35.9 Å². The van der Waals surface area contributed by atoms with E-state index in [9.17, 15) is 5.11 Å². The van der Waals surface area contributed by atoms with Crippen LogP contribution in [0.15, 0.2) is 30.3 Å². The summed E-state index contributed by atoms with van der Waals surface area (Å²) in [5.74, 6) is 0.659. The van der Waals surface area contributed by atoms with E-state index in [1.807, 2.05) is 0 Å². The fourth-order valence-corrected chi connectivity index (χ4v) is 3.09. The van der Waals surface area contributed by atoms with Gasteiger partial charge in [0.15, 0.2) is 0 Å². The molecule has 2 nitrogen and oxygen atoms in total. The summed E-state index contributed by atoms with van der Waals surface area (Å²) < 4.78 is 0. The second kappa shape index (κ2) is 6.35. The van der Waals surface area contributed by atoms with E-state index in [2.05, 4.69) is 49.1 Å². The second-order valence-electron chi connectivity index (χ2n) is 5.49. The minimum Gasteiger partial charge on any atom is -0.378 e. The largest absolute Gasteiger partial charge is 0.378 e. The molecule has 0 radical (unpaired) electrons. The number of piperidine rings is 1. The van der Waals surface area contributed by atoms with Crippen molar-refractivity contribution in [2.45, 2.75) is 57.7 Å². The maximum atomic E-state index is 10.1. The molecule has 1 heterocycles. The Hall–Kier alpha value is -0.860. The average Bonchev–Trinajstić information content (AvgIpc) is 2.40. The first-order valence-corrected chi connectivity index (χ1v) is 7.21. The van der Waals surface area contributed by atoms with Gasteiger partial charge in [0.1, 0.15) is 6.23 Å². The maximum absolute atomic E-state index is 10.1. The molecule has 2 rings (SSSR count). The van der Waals surface area contributed by atoms with Gasteiger partial charge in [0.05, 0.1) is 0 Å². The van der Waals surface area contributed by atoms with E-state index in [4.69, 9.17) is 0 Å². The first-order valence-electron chi connectivity index (χ1n) is 7.21. The quantitative estimate of drug-likeness (QED) is 0.881. The van der Waals surface area contributed by atoms with Crippen LogP contribution in [0.2, 0.25) is 0 Å².